The predicted molar refractivity (Wildman–Crippen MR) is 35.6 cm³/mol. The van der Waals surface area contributed by atoms with E-state index in [2.05, 4.69) is 5.32 Å². The lowest BCUT2D eigenvalue weighted by atomic mass is 10.0. The molecule has 0 aliphatic carbocycles. The Bertz CT molecular complexity index is 267. The molecule has 0 aromatic carbocycles. The van der Waals surface area contributed by atoms with Crippen LogP contribution in [0.2, 0.25) is 0 Å². The minimum Gasteiger partial charge on any atom is -0.467 e. The zero-order chi connectivity index (χ0) is 7.84. The highest BCUT2D eigenvalue weighted by Gasteiger charge is 2.40. The summed E-state index contributed by atoms with van der Waals surface area (Å²) in [5.74, 6) is 0.253. The minimum absolute atomic E-state index is 0.341. The Morgan fingerprint density at radius 2 is 2.45 bits per heavy atom. The summed E-state index contributed by atoms with van der Waals surface area (Å²) in [6.07, 6.45) is 0.563. The van der Waals surface area contributed by atoms with Crippen LogP contribution >= 0.6 is 0 Å². The van der Waals surface area contributed by atoms with E-state index in [0.717, 1.165) is 0 Å². The predicted octanol–water partition coefficient (Wildman–Crippen LogP) is -0.189. The molecule has 1 aromatic rings. The number of furan rings is 1. The van der Waals surface area contributed by atoms with Gasteiger partial charge in [0.2, 0.25) is 0 Å². The number of rotatable bonds is 1. The zero-order valence-corrected chi connectivity index (χ0v) is 5.65. The van der Waals surface area contributed by atoms with Crippen LogP contribution in [0.5, 0.6) is 0 Å². The smallest absolute Gasteiger partial charge is 0.252 e. The van der Waals surface area contributed by atoms with E-state index in [0.29, 0.717) is 5.76 Å². The fraction of sp³-hybridized carbons (Fsp3) is 0.286. The third-order valence-corrected chi connectivity index (χ3v) is 1.73. The largest absolute Gasteiger partial charge is 0.467 e. The second-order valence-electron chi connectivity index (χ2n) is 2.45. The highest BCUT2D eigenvalue weighted by Crippen LogP contribution is 2.24. The number of carbonyl (C=O) groups excluding carboxylic acids is 1. The second-order valence-corrected chi connectivity index (χ2v) is 2.45. The first kappa shape index (κ1) is 6.42. The van der Waals surface area contributed by atoms with Crippen molar-refractivity contribution in [2.45, 2.75) is 12.1 Å². The average Bonchev–Trinajstić information content (AvgIpc) is 2.51. The van der Waals surface area contributed by atoms with Crippen molar-refractivity contribution in [2.75, 3.05) is 0 Å². The fourth-order valence-electron chi connectivity index (χ4n) is 1.07. The van der Waals surface area contributed by atoms with Crippen molar-refractivity contribution in [1.29, 1.82) is 0 Å². The van der Waals surface area contributed by atoms with E-state index < -0.39 is 6.10 Å². The number of aliphatic hydroxyl groups excluding tert-OH is 1. The topological polar surface area (TPSA) is 62.5 Å². The van der Waals surface area contributed by atoms with Gasteiger partial charge in [-0.25, -0.2) is 0 Å². The van der Waals surface area contributed by atoms with Crippen LogP contribution in [0.4, 0.5) is 0 Å². The first-order valence-corrected chi connectivity index (χ1v) is 3.31. The van der Waals surface area contributed by atoms with Gasteiger partial charge in [-0.05, 0) is 12.1 Å². The Morgan fingerprint density at radius 3 is 2.91 bits per heavy atom. The van der Waals surface area contributed by atoms with E-state index in [-0.39, 0.29) is 11.9 Å². The Labute approximate surface area is 62.8 Å². The molecule has 58 valence electrons. The Balaban J connectivity index is 2.15. The summed E-state index contributed by atoms with van der Waals surface area (Å²) < 4.78 is 4.98. The van der Waals surface area contributed by atoms with E-state index in [1.165, 1.54) is 6.26 Å². The van der Waals surface area contributed by atoms with E-state index in [1.54, 1.807) is 12.1 Å². The molecule has 1 aliphatic rings. The number of aliphatic hydroxyl groups is 1. The number of β-lactam (4-membered cyclic amide) rings is 1. The first-order chi connectivity index (χ1) is 5.29. The molecule has 2 N–H and O–H groups in total. The van der Waals surface area contributed by atoms with Gasteiger partial charge >= 0.3 is 0 Å². The lowest BCUT2D eigenvalue weighted by Crippen LogP contribution is -2.55. The summed E-state index contributed by atoms with van der Waals surface area (Å²) in [5.41, 5.74) is 0. The van der Waals surface area contributed by atoms with Crippen molar-refractivity contribution < 1.29 is 14.3 Å². The number of carbonyl (C=O) groups is 1. The molecular weight excluding hydrogens is 146 g/mol. The molecule has 1 saturated heterocycles. The fourth-order valence-corrected chi connectivity index (χ4v) is 1.07. The normalized spacial score (nSPS) is 29.4. The summed E-state index contributed by atoms with van der Waals surface area (Å²) in [5, 5.41) is 11.6. The summed E-state index contributed by atoms with van der Waals surface area (Å²) in [7, 11) is 0. The highest BCUT2D eigenvalue weighted by atomic mass is 16.3. The molecule has 4 nitrogen and oxygen atoms in total. The van der Waals surface area contributed by atoms with Gasteiger partial charge < -0.3 is 14.8 Å². The highest BCUT2D eigenvalue weighted by molar-refractivity contribution is 5.88. The molecule has 1 aromatic heterocycles. The van der Waals surface area contributed by atoms with Crippen molar-refractivity contribution in [1.82, 2.24) is 5.32 Å². The molecule has 2 atom stereocenters. The molecule has 0 spiro atoms. The van der Waals surface area contributed by atoms with Crippen molar-refractivity contribution in [3.05, 3.63) is 24.2 Å². The van der Waals surface area contributed by atoms with E-state index >= 15 is 0 Å². The van der Waals surface area contributed by atoms with Crippen molar-refractivity contribution in [3.63, 3.8) is 0 Å². The van der Waals surface area contributed by atoms with Crippen LogP contribution in [0.25, 0.3) is 0 Å². The number of nitrogens with one attached hydrogen (secondary N) is 1. The third-order valence-electron chi connectivity index (χ3n) is 1.73. The van der Waals surface area contributed by atoms with E-state index in [1.807, 2.05) is 0 Å². The Hall–Kier alpha value is -1.29. The molecule has 0 bridgehead atoms. The number of hydrogen-bond acceptors (Lipinski definition) is 3. The summed E-state index contributed by atoms with van der Waals surface area (Å²) in [6, 6.07) is 3.08. The molecule has 11 heavy (non-hydrogen) atoms. The van der Waals surface area contributed by atoms with Crippen molar-refractivity contribution in [3.8, 4) is 0 Å². The van der Waals surface area contributed by atoms with Crippen LogP contribution in [0.15, 0.2) is 22.8 Å². The first-order valence-electron chi connectivity index (χ1n) is 3.31. The number of hydrogen-bond donors (Lipinski definition) is 2. The molecule has 0 saturated carbocycles. The summed E-state index contributed by atoms with van der Waals surface area (Å²) in [6.45, 7) is 0. The average molecular weight is 153 g/mol. The van der Waals surface area contributed by atoms with Gasteiger partial charge in [0.25, 0.3) is 5.91 Å². The van der Waals surface area contributed by atoms with E-state index in [4.69, 9.17) is 9.52 Å². The lowest BCUT2D eigenvalue weighted by molar-refractivity contribution is -0.143. The lowest BCUT2D eigenvalue weighted by Gasteiger charge is -2.30. The number of amides is 1. The molecular formula is C7H7NO3. The molecule has 1 fully saturated rings. The standard InChI is InChI=1S/C7H7NO3/c9-6-5(8-7(6)10)4-2-1-3-11-4/h1-3,5-6,9H,(H,8,10)/t5-,6?/m0/s1. The van der Waals surface area contributed by atoms with Crippen molar-refractivity contribution in [2.24, 2.45) is 0 Å². The third kappa shape index (κ3) is 0.832. The van der Waals surface area contributed by atoms with Crippen LogP contribution < -0.4 is 5.32 Å². The monoisotopic (exact) mass is 153 g/mol. The molecule has 1 unspecified atom stereocenters. The van der Waals surface area contributed by atoms with Gasteiger partial charge in [0.05, 0.1) is 6.26 Å². The van der Waals surface area contributed by atoms with Crippen molar-refractivity contribution >= 4 is 5.91 Å². The van der Waals surface area contributed by atoms with Crippen LogP contribution in [0.3, 0.4) is 0 Å². The van der Waals surface area contributed by atoms with Gasteiger partial charge in [-0.15, -0.1) is 0 Å². The maximum Gasteiger partial charge on any atom is 0.252 e. The van der Waals surface area contributed by atoms with Crippen LogP contribution in [0, 0.1) is 0 Å². The molecule has 2 heterocycles. The summed E-state index contributed by atoms with van der Waals surface area (Å²) in [4.78, 5) is 10.5. The van der Waals surface area contributed by atoms with E-state index in [9.17, 15) is 4.79 Å². The van der Waals surface area contributed by atoms with Gasteiger partial charge in [0.1, 0.15) is 11.8 Å². The van der Waals surface area contributed by atoms with Gasteiger partial charge in [-0.3, -0.25) is 4.79 Å². The molecule has 1 amide bonds. The zero-order valence-electron chi connectivity index (χ0n) is 5.65. The van der Waals surface area contributed by atoms with Crippen LogP contribution in [0.1, 0.15) is 11.8 Å². The Morgan fingerprint density at radius 1 is 1.64 bits per heavy atom. The molecule has 1 aliphatic heterocycles. The second kappa shape index (κ2) is 2.10. The molecule has 0 radical (unpaired) electrons. The van der Waals surface area contributed by atoms with Crippen LogP contribution in [-0.4, -0.2) is 17.1 Å². The summed E-state index contributed by atoms with van der Waals surface area (Å²) >= 11 is 0. The molecule has 4 heteroatoms. The minimum atomic E-state index is -0.943. The van der Waals surface area contributed by atoms with Gasteiger partial charge in [-0.1, -0.05) is 0 Å². The van der Waals surface area contributed by atoms with Crippen LogP contribution in [-0.2, 0) is 4.79 Å². The SMILES string of the molecule is O=C1N[C@@H](c2ccco2)C1O. The molecule has 2 rings (SSSR count). The quantitative estimate of drug-likeness (QED) is 0.550. The van der Waals surface area contributed by atoms with Gasteiger partial charge in [0, 0.05) is 0 Å². The maximum absolute atomic E-state index is 10.5. The van der Waals surface area contributed by atoms with Gasteiger partial charge in [-0.2, -0.15) is 0 Å². The van der Waals surface area contributed by atoms with Gasteiger partial charge in [0.15, 0.2) is 6.10 Å². The maximum atomic E-state index is 10.5. The Kier molecular flexibility index (Phi) is 1.22.